The summed E-state index contributed by atoms with van der Waals surface area (Å²) in [6.07, 6.45) is -0.756. The minimum absolute atomic E-state index is 0.253. The maximum atomic E-state index is 10.4. The molecular formula is C17H18N2O4. The van der Waals surface area contributed by atoms with E-state index in [2.05, 4.69) is 10.3 Å². The van der Waals surface area contributed by atoms with E-state index in [1.165, 1.54) is 0 Å². The minimum Gasteiger partial charge on any atom is -0.497 e. The molecule has 3 aromatic rings. The molecule has 6 heteroatoms. The topological polar surface area (TPSA) is 76.8 Å². The first-order valence-electron chi connectivity index (χ1n) is 7.20. The number of hydrogen-bond acceptors (Lipinski definition) is 6. The number of para-hydroxylation sites is 2. The van der Waals surface area contributed by atoms with Crippen molar-refractivity contribution in [3.05, 3.63) is 48.0 Å². The van der Waals surface area contributed by atoms with E-state index in [1.807, 2.05) is 24.3 Å². The van der Waals surface area contributed by atoms with Crippen LogP contribution >= 0.6 is 0 Å². The summed E-state index contributed by atoms with van der Waals surface area (Å²) in [5.74, 6) is 1.25. The van der Waals surface area contributed by atoms with Gasteiger partial charge in [0.15, 0.2) is 5.58 Å². The van der Waals surface area contributed by atoms with Crippen LogP contribution in [0.5, 0.6) is 11.5 Å². The van der Waals surface area contributed by atoms with Crippen LogP contribution in [0.2, 0.25) is 0 Å². The van der Waals surface area contributed by atoms with Crippen LogP contribution in [-0.4, -0.2) is 30.9 Å². The fourth-order valence-electron chi connectivity index (χ4n) is 2.27. The summed E-state index contributed by atoms with van der Waals surface area (Å²) < 4.78 is 16.0. The van der Waals surface area contributed by atoms with Crippen molar-refractivity contribution in [3.63, 3.8) is 0 Å². The summed E-state index contributed by atoms with van der Waals surface area (Å²) in [6, 6.07) is 13.2. The second-order valence-corrected chi connectivity index (χ2v) is 5.03. The monoisotopic (exact) mass is 314 g/mol. The van der Waals surface area contributed by atoms with Gasteiger partial charge in [-0.1, -0.05) is 12.1 Å². The van der Waals surface area contributed by atoms with Gasteiger partial charge in [0.25, 0.3) is 6.01 Å². The Hall–Kier alpha value is -2.73. The molecule has 2 N–H and O–H groups in total. The van der Waals surface area contributed by atoms with E-state index in [1.54, 1.807) is 32.4 Å². The Balaban J connectivity index is 1.72. The van der Waals surface area contributed by atoms with Gasteiger partial charge >= 0.3 is 0 Å². The Morgan fingerprint density at radius 1 is 1.13 bits per heavy atom. The molecule has 0 saturated heterocycles. The second-order valence-electron chi connectivity index (χ2n) is 5.03. The number of rotatable bonds is 6. The molecule has 1 aromatic heterocycles. The van der Waals surface area contributed by atoms with Crippen LogP contribution < -0.4 is 14.8 Å². The highest BCUT2D eigenvalue weighted by molar-refractivity contribution is 5.74. The molecule has 0 radical (unpaired) electrons. The number of nitrogens with zero attached hydrogens (tertiary/aromatic N) is 1. The molecule has 120 valence electrons. The van der Waals surface area contributed by atoms with Gasteiger partial charge in [0.1, 0.15) is 17.0 Å². The van der Waals surface area contributed by atoms with E-state index in [-0.39, 0.29) is 6.54 Å². The first kappa shape index (κ1) is 15.2. The summed E-state index contributed by atoms with van der Waals surface area (Å²) in [6.45, 7) is 0.253. The molecule has 1 heterocycles. The number of nitrogens with one attached hydrogen (secondary N) is 1. The Morgan fingerprint density at radius 2 is 1.83 bits per heavy atom. The van der Waals surface area contributed by atoms with Crippen molar-refractivity contribution >= 4 is 17.1 Å². The van der Waals surface area contributed by atoms with Crippen LogP contribution in [0.1, 0.15) is 11.7 Å². The summed E-state index contributed by atoms with van der Waals surface area (Å²) >= 11 is 0. The highest BCUT2D eigenvalue weighted by atomic mass is 16.5. The Bertz CT molecular complexity index is 745. The number of methoxy groups -OCH3 is 2. The van der Waals surface area contributed by atoms with Crippen LogP contribution in [0, 0.1) is 0 Å². The summed E-state index contributed by atoms with van der Waals surface area (Å²) in [5, 5.41) is 13.4. The molecule has 2 aromatic carbocycles. The zero-order valence-electron chi connectivity index (χ0n) is 12.9. The number of aliphatic hydroxyl groups is 1. The highest BCUT2D eigenvalue weighted by Crippen LogP contribution is 2.27. The van der Waals surface area contributed by atoms with E-state index in [9.17, 15) is 5.11 Å². The van der Waals surface area contributed by atoms with Gasteiger partial charge in [-0.25, -0.2) is 0 Å². The smallest absolute Gasteiger partial charge is 0.295 e. The van der Waals surface area contributed by atoms with Crippen molar-refractivity contribution < 1.29 is 19.0 Å². The van der Waals surface area contributed by atoms with Crippen molar-refractivity contribution in [3.8, 4) is 11.5 Å². The van der Waals surface area contributed by atoms with Crippen LogP contribution in [-0.2, 0) is 0 Å². The van der Waals surface area contributed by atoms with Crippen LogP contribution in [0.25, 0.3) is 11.1 Å². The maximum Gasteiger partial charge on any atom is 0.295 e. The lowest BCUT2D eigenvalue weighted by molar-refractivity contribution is 0.190. The van der Waals surface area contributed by atoms with E-state index in [0.29, 0.717) is 28.7 Å². The zero-order chi connectivity index (χ0) is 16.2. The van der Waals surface area contributed by atoms with Crippen molar-refractivity contribution in [1.29, 1.82) is 0 Å². The fourth-order valence-corrected chi connectivity index (χ4v) is 2.27. The van der Waals surface area contributed by atoms with Crippen molar-refractivity contribution in [2.45, 2.75) is 6.10 Å². The highest BCUT2D eigenvalue weighted by Gasteiger charge is 2.13. The number of benzene rings is 2. The summed E-state index contributed by atoms with van der Waals surface area (Å²) in [7, 11) is 3.14. The molecular weight excluding hydrogens is 296 g/mol. The quantitative estimate of drug-likeness (QED) is 0.728. The van der Waals surface area contributed by atoms with Gasteiger partial charge in [-0.15, -0.1) is 0 Å². The second kappa shape index (κ2) is 6.58. The molecule has 3 rings (SSSR count). The molecule has 0 aliphatic carbocycles. The fraction of sp³-hybridized carbons (Fsp3) is 0.235. The molecule has 0 aliphatic heterocycles. The summed E-state index contributed by atoms with van der Waals surface area (Å²) in [4.78, 5) is 4.31. The van der Waals surface area contributed by atoms with Crippen LogP contribution in [0.15, 0.2) is 46.9 Å². The lowest BCUT2D eigenvalue weighted by Crippen LogP contribution is -2.12. The predicted octanol–water partition coefficient (Wildman–Crippen LogP) is 2.99. The van der Waals surface area contributed by atoms with Crippen molar-refractivity contribution in [2.75, 3.05) is 26.1 Å². The number of hydrogen-bond donors (Lipinski definition) is 2. The molecule has 0 bridgehead atoms. The first-order valence-corrected chi connectivity index (χ1v) is 7.20. The molecule has 6 nitrogen and oxygen atoms in total. The minimum atomic E-state index is -0.756. The van der Waals surface area contributed by atoms with Gasteiger partial charge in [0.05, 0.1) is 20.3 Å². The SMILES string of the molecule is COc1cc(OC)cc(C(O)CNc2nc3ccccc3o2)c1. The average molecular weight is 314 g/mol. The lowest BCUT2D eigenvalue weighted by atomic mass is 10.1. The van der Waals surface area contributed by atoms with Crippen molar-refractivity contribution in [2.24, 2.45) is 0 Å². The van der Waals surface area contributed by atoms with Gasteiger partial charge in [-0.3, -0.25) is 0 Å². The first-order chi connectivity index (χ1) is 11.2. The lowest BCUT2D eigenvalue weighted by Gasteiger charge is -2.14. The van der Waals surface area contributed by atoms with Gasteiger partial charge < -0.3 is 24.3 Å². The number of aliphatic hydroxyl groups excluding tert-OH is 1. The Labute approximate surface area is 133 Å². The zero-order valence-corrected chi connectivity index (χ0v) is 12.9. The molecule has 23 heavy (non-hydrogen) atoms. The van der Waals surface area contributed by atoms with Crippen LogP contribution in [0.4, 0.5) is 6.01 Å². The molecule has 0 aliphatic rings. The van der Waals surface area contributed by atoms with Gasteiger partial charge in [0, 0.05) is 12.6 Å². The average Bonchev–Trinajstić information content (AvgIpc) is 3.02. The maximum absolute atomic E-state index is 10.4. The third-order valence-electron chi connectivity index (χ3n) is 3.50. The molecule has 0 amide bonds. The third-order valence-corrected chi connectivity index (χ3v) is 3.50. The number of oxazole rings is 1. The molecule has 0 saturated carbocycles. The van der Waals surface area contributed by atoms with Crippen molar-refractivity contribution in [1.82, 2.24) is 4.98 Å². The standard InChI is InChI=1S/C17H18N2O4/c1-21-12-7-11(8-13(9-12)22-2)15(20)10-18-17-19-14-5-3-4-6-16(14)23-17/h3-9,15,20H,10H2,1-2H3,(H,18,19). The summed E-state index contributed by atoms with van der Waals surface area (Å²) in [5.41, 5.74) is 2.16. The number of anilines is 1. The third kappa shape index (κ3) is 3.37. The van der Waals surface area contributed by atoms with E-state index >= 15 is 0 Å². The van der Waals surface area contributed by atoms with E-state index in [0.717, 1.165) is 5.52 Å². The number of fused-ring (bicyclic) bond motifs is 1. The number of aromatic nitrogens is 1. The molecule has 1 unspecified atom stereocenters. The van der Waals surface area contributed by atoms with Gasteiger partial charge in [-0.05, 0) is 29.8 Å². The Kier molecular flexibility index (Phi) is 4.34. The largest absolute Gasteiger partial charge is 0.497 e. The van der Waals surface area contributed by atoms with Gasteiger partial charge in [-0.2, -0.15) is 4.98 Å². The molecule has 0 spiro atoms. The molecule has 0 fully saturated rings. The normalized spacial score (nSPS) is 12.1. The number of ether oxygens (including phenoxy) is 2. The molecule has 1 atom stereocenters. The Morgan fingerprint density at radius 3 is 2.48 bits per heavy atom. The van der Waals surface area contributed by atoms with E-state index in [4.69, 9.17) is 13.9 Å². The van der Waals surface area contributed by atoms with Crippen LogP contribution in [0.3, 0.4) is 0 Å². The predicted molar refractivity (Wildman–Crippen MR) is 87.0 cm³/mol. The van der Waals surface area contributed by atoms with Gasteiger partial charge in [0.2, 0.25) is 0 Å². The van der Waals surface area contributed by atoms with E-state index < -0.39 is 6.10 Å².